The van der Waals surface area contributed by atoms with Gasteiger partial charge < -0.3 is 53.8 Å². The van der Waals surface area contributed by atoms with Crippen LogP contribution in [0.5, 0.6) is 17.2 Å². The molecule has 1 aromatic heterocycles. The van der Waals surface area contributed by atoms with Crippen LogP contribution < -0.4 is 40.6 Å². The number of nitrogens with zero attached hydrogens (tertiary/aromatic N) is 3. The van der Waals surface area contributed by atoms with E-state index in [2.05, 4.69) is 20.9 Å². The maximum atomic E-state index is 14.3. The lowest BCUT2D eigenvalue weighted by Gasteiger charge is -2.27. The van der Waals surface area contributed by atoms with Crippen molar-refractivity contribution in [3.8, 4) is 17.2 Å². The Hall–Kier alpha value is -7.76. The number of anilines is 2. The van der Waals surface area contributed by atoms with Gasteiger partial charge in [0.15, 0.2) is 17.1 Å². The third-order valence-corrected chi connectivity index (χ3v) is 17.7. The van der Waals surface area contributed by atoms with Gasteiger partial charge in [-0.3, -0.25) is 14.4 Å². The zero-order valence-corrected chi connectivity index (χ0v) is 53.3. The van der Waals surface area contributed by atoms with Crippen LogP contribution in [0.3, 0.4) is 0 Å². The summed E-state index contributed by atoms with van der Waals surface area (Å²) >= 11 is 6.62. The fourth-order valence-corrected chi connectivity index (χ4v) is 12.5. The molecule has 1 atom stereocenters. The number of unbranched alkanes of at least 4 members (excludes halogenated alkanes) is 5. The first-order valence-corrected chi connectivity index (χ1v) is 32.6. The quantitative estimate of drug-likeness (QED) is 0.0144. The number of hydrogen-bond acceptors (Lipinski definition) is 14. The molecule has 5 aromatic rings. The number of carbonyl (C=O) groups excluding carboxylic acids is 2. The minimum atomic E-state index is -4.72. The van der Waals surface area contributed by atoms with E-state index in [0.717, 1.165) is 47.6 Å². The molecular weight excluding hydrogens is 1190 g/mol. The van der Waals surface area contributed by atoms with Crippen LogP contribution in [0.25, 0.3) is 0 Å². The van der Waals surface area contributed by atoms with Crippen molar-refractivity contribution in [1.82, 2.24) is 15.2 Å². The van der Waals surface area contributed by atoms with Crippen LogP contribution in [0.2, 0.25) is 5.02 Å². The number of nitrogens with one attached hydrogen (secondary N) is 3. The van der Waals surface area contributed by atoms with Gasteiger partial charge in [0.2, 0.25) is 11.6 Å². The number of carboxylic acid groups (broad SMARTS) is 1. The summed E-state index contributed by atoms with van der Waals surface area (Å²) in [4.78, 5) is 54.6. The Morgan fingerprint density at radius 2 is 1.48 bits per heavy atom. The van der Waals surface area contributed by atoms with Gasteiger partial charge in [0.25, 0.3) is 5.56 Å². The monoisotopic (exact) mass is 1270 g/mol. The van der Waals surface area contributed by atoms with Crippen LogP contribution in [0.4, 0.5) is 21.9 Å². The Morgan fingerprint density at radius 3 is 2.18 bits per heavy atom. The van der Waals surface area contributed by atoms with E-state index in [4.69, 9.17) is 25.8 Å². The molecule has 2 aliphatic rings. The maximum Gasteiger partial charge on any atom is 0.319 e. The molecule has 0 radical (unpaired) electrons. The fourth-order valence-electron chi connectivity index (χ4n) is 11.3. The number of fused-ring (bicyclic) bond motifs is 2. The fraction of sp³-hybridized carbons (Fsp3) is 0.400. The van der Waals surface area contributed by atoms with Gasteiger partial charge in [-0.15, -0.1) is 0 Å². The van der Waals surface area contributed by atoms with Gasteiger partial charge in [-0.1, -0.05) is 81.1 Å². The van der Waals surface area contributed by atoms with E-state index in [1.807, 2.05) is 83.5 Å². The zero-order valence-electron chi connectivity index (χ0n) is 50.9. The van der Waals surface area contributed by atoms with Crippen molar-refractivity contribution >= 4 is 72.5 Å². The first-order chi connectivity index (χ1) is 41.7. The number of allylic oxidation sites excluding steroid dienone is 6. The molecule has 0 spiro atoms. The Kier molecular flexibility index (Phi) is 22.7. The van der Waals surface area contributed by atoms with Gasteiger partial charge in [0, 0.05) is 76.4 Å². The molecule has 0 unspecified atom stereocenters. The number of benzene rings is 4. The van der Waals surface area contributed by atoms with Crippen LogP contribution in [0.1, 0.15) is 133 Å². The van der Waals surface area contributed by atoms with Crippen LogP contribution >= 0.6 is 11.6 Å². The lowest BCUT2D eigenvalue weighted by Crippen LogP contribution is -2.36. The van der Waals surface area contributed by atoms with Crippen molar-refractivity contribution < 1.29 is 64.2 Å². The van der Waals surface area contributed by atoms with Crippen molar-refractivity contribution in [1.29, 1.82) is 0 Å². The van der Waals surface area contributed by atoms with E-state index < -0.39 is 61.1 Å². The van der Waals surface area contributed by atoms with E-state index in [1.165, 1.54) is 28.8 Å². The number of amides is 3. The molecule has 0 fully saturated rings. The summed E-state index contributed by atoms with van der Waals surface area (Å²) in [7, 11) is -7.48. The predicted octanol–water partition coefficient (Wildman–Crippen LogP) is 10.9. The van der Waals surface area contributed by atoms with Gasteiger partial charge in [-0.25, -0.2) is 21.6 Å². The van der Waals surface area contributed by atoms with E-state index in [1.54, 1.807) is 67.7 Å². The number of aliphatic carboxylic acids is 1. The third-order valence-electron chi connectivity index (χ3n) is 15.7. The van der Waals surface area contributed by atoms with Crippen molar-refractivity contribution in [2.24, 2.45) is 0 Å². The minimum Gasteiger partial charge on any atom is -0.744 e. The van der Waals surface area contributed by atoms with E-state index in [9.17, 15) is 50.2 Å². The number of hydrogen-bond donors (Lipinski definition) is 4. The molecule has 0 bridgehead atoms. The SMILES string of the molecule is CCOc1cccc([C@H](CC(=O)O)NC(=O)Nc2c(OCCCCCCNC(=O)CCCCCN3/C(=C/C=C/C=C/C4=[N+](C)c5ccc(S(=O)(=O)[O-])cc5C4(C)C)C(C)(C)c4cc(S(=O)(=O)[O-])ccc43)c(C)cn(Cc3c(Cl)cccc3OCC)c2=O)c1. The largest absolute Gasteiger partial charge is 0.744 e. The second-order valence-electron chi connectivity index (χ2n) is 22.7. The average Bonchev–Trinajstić information content (AvgIpc) is 1.98. The minimum absolute atomic E-state index is 0.00924. The van der Waals surface area contributed by atoms with E-state index in [-0.39, 0.29) is 40.3 Å². The second kappa shape index (κ2) is 29.5. The van der Waals surface area contributed by atoms with Gasteiger partial charge in [-0.05, 0) is 132 Å². The smallest absolute Gasteiger partial charge is 0.319 e. The van der Waals surface area contributed by atoms with Crippen LogP contribution in [0.15, 0.2) is 136 Å². The Bertz CT molecular complexity index is 3840. The third kappa shape index (κ3) is 16.7. The summed E-state index contributed by atoms with van der Waals surface area (Å²) in [6, 6.07) is 19.0. The molecule has 20 nitrogen and oxygen atoms in total. The first-order valence-electron chi connectivity index (χ1n) is 29.4. The number of aromatic nitrogens is 1. The zero-order chi connectivity index (χ0) is 64.1. The molecule has 0 saturated carbocycles. The molecule has 3 heterocycles. The van der Waals surface area contributed by atoms with Crippen molar-refractivity contribution in [3.05, 3.63) is 164 Å². The normalized spacial score (nSPS) is 15.2. The van der Waals surface area contributed by atoms with E-state index in [0.29, 0.717) is 97.2 Å². The molecule has 3 amide bonds. The topological polar surface area (TPSA) is 278 Å². The molecule has 472 valence electrons. The number of aryl methyl sites for hydroxylation is 1. The molecule has 88 heavy (non-hydrogen) atoms. The number of carboxylic acids is 1. The summed E-state index contributed by atoms with van der Waals surface area (Å²) in [6.07, 6.45) is 15.9. The number of carbonyl (C=O) groups is 3. The number of halogens is 1. The average molecular weight is 1270 g/mol. The molecule has 4 N–H and O–H groups in total. The molecular formula is C65H78ClN6O14S2-. The molecule has 7 rings (SSSR count). The lowest BCUT2D eigenvalue weighted by atomic mass is 9.81. The molecule has 0 saturated heterocycles. The highest BCUT2D eigenvalue weighted by Crippen LogP contribution is 2.49. The van der Waals surface area contributed by atoms with Gasteiger partial charge in [-0.2, -0.15) is 4.58 Å². The highest BCUT2D eigenvalue weighted by molar-refractivity contribution is 7.86. The van der Waals surface area contributed by atoms with Gasteiger partial charge in [0.1, 0.15) is 38.8 Å². The number of rotatable bonds is 30. The maximum absolute atomic E-state index is 14.3. The van der Waals surface area contributed by atoms with Gasteiger partial charge >= 0.3 is 12.0 Å². The van der Waals surface area contributed by atoms with Crippen molar-refractivity contribution in [3.63, 3.8) is 0 Å². The predicted molar refractivity (Wildman–Crippen MR) is 337 cm³/mol. The van der Waals surface area contributed by atoms with Crippen molar-refractivity contribution in [2.45, 2.75) is 139 Å². The first kappa shape index (κ1) is 67.7. The summed E-state index contributed by atoms with van der Waals surface area (Å²) < 4.78 is 92.8. The van der Waals surface area contributed by atoms with Crippen LogP contribution in [0, 0.1) is 6.92 Å². The molecule has 0 aliphatic carbocycles. The molecule has 23 heteroatoms. The lowest BCUT2D eigenvalue weighted by molar-refractivity contribution is -0.401. The van der Waals surface area contributed by atoms with Crippen molar-refractivity contribution in [2.75, 3.05) is 50.2 Å². The number of ether oxygens (including phenoxy) is 3. The van der Waals surface area contributed by atoms with Gasteiger partial charge in [0.05, 0.1) is 54.0 Å². The number of pyridine rings is 1. The highest BCUT2D eigenvalue weighted by Gasteiger charge is 2.44. The Morgan fingerprint density at radius 1 is 0.795 bits per heavy atom. The Labute approximate surface area is 520 Å². The summed E-state index contributed by atoms with van der Waals surface area (Å²) in [5.41, 5.74) is 4.34. The highest BCUT2D eigenvalue weighted by atomic mass is 35.5. The molecule has 2 aliphatic heterocycles. The standard InChI is InChI=1S/C65H79ClN6O14S2/c1-9-84-45-24-21-23-44(37-45)52(40-59(74)75)68-63(77)69-60-61(43(3)41-71(62(60)76)42-48-51(66)25-22-26-55(48)85-10-2)86-36-20-12-11-18-34-67-58(73)29-17-14-19-35-72-54-33-31-47(88(81,82)83)39-50(54)65(6,7)57(72)28-16-13-15-27-56-64(4,5)49-38-46(87(78,79)80)30-32-53(49)70(56)8/h13,15-16,21-28,30-33,37-39,41,52H,9-12,14,17-20,29,34-36,40,42H2,1-8H3,(H5-,67,68,69,73,74,75,77,78,79,80,81,82,83)/p-1/t52-/m0/s1. The van der Waals surface area contributed by atoms with E-state index >= 15 is 0 Å². The van der Waals surface area contributed by atoms with Crippen LogP contribution in [-0.4, -0.2) is 104 Å². The molecule has 4 aromatic carbocycles. The van der Waals surface area contributed by atoms with Crippen LogP contribution in [-0.2, 0) is 47.2 Å². The Balaban J connectivity index is 0.913. The second-order valence-corrected chi connectivity index (χ2v) is 25.9. The summed E-state index contributed by atoms with van der Waals surface area (Å²) in [6.45, 7) is 15.3. The summed E-state index contributed by atoms with van der Waals surface area (Å²) in [5.74, 6) is -0.0634. The number of urea groups is 1. The summed E-state index contributed by atoms with van der Waals surface area (Å²) in [5, 5.41) is 18.6.